The van der Waals surface area contributed by atoms with Crippen LogP contribution in [0.1, 0.15) is 53.9 Å². The smallest absolute Gasteiger partial charge is 0.0156 e. The first-order valence-electron chi connectivity index (χ1n) is 6.42. The zero-order chi connectivity index (χ0) is 11.6. The molecule has 2 nitrogen and oxygen atoms in total. The lowest BCUT2D eigenvalue weighted by Gasteiger charge is -2.49. The quantitative estimate of drug-likeness (QED) is 0.779. The van der Waals surface area contributed by atoms with Crippen molar-refractivity contribution >= 4 is 0 Å². The summed E-state index contributed by atoms with van der Waals surface area (Å²) in [6.07, 6.45) is 3.69. The molecule has 0 aliphatic carbocycles. The first kappa shape index (κ1) is 13.0. The average molecular weight is 212 g/mol. The maximum Gasteiger partial charge on any atom is 0.0156 e. The number of hydrogen-bond donors (Lipinski definition) is 1. The Morgan fingerprint density at radius 1 is 1.33 bits per heavy atom. The van der Waals surface area contributed by atoms with Gasteiger partial charge in [-0.2, -0.15) is 0 Å². The molecule has 3 unspecified atom stereocenters. The third kappa shape index (κ3) is 2.73. The number of nitrogens with two attached hydrogens (primary N) is 1. The Balaban J connectivity index is 2.70. The fourth-order valence-corrected chi connectivity index (χ4v) is 3.01. The van der Waals surface area contributed by atoms with Crippen LogP contribution >= 0.6 is 0 Å². The van der Waals surface area contributed by atoms with Crippen molar-refractivity contribution in [2.45, 2.75) is 71.5 Å². The molecule has 15 heavy (non-hydrogen) atoms. The molecule has 0 radical (unpaired) electrons. The molecule has 0 amide bonds. The van der Waals surface area contributed by atoms with Gasteiger partial charge in [0.05, 0.1) is 0 Å². The van der Waals surface area contributed by atoms with Gasteiger partial charge in [0.15, 0.2) is 0 Å². The number of piperidine rings is 1. The predicted octanol–water partition coefficient (Wildman–Crippen LogP) is 2.62. The van der Waals surface area contributed by atoms with Gasteiger partial charge >= 0.3 is 0 Å². The van der Waals surface area contributed by atoms with E-state index in [1.54, 1.807) is 0 Å². The molecule has 1 aliphatic heterocycles. The zero-order valence-corrected chi connectivity index (χ0v) is 11.1. The van der Waals surface area contributed by atoms with Crippen molar-refractivity contribution in [3.63, 3.8) is 0 Å². The third-order valence-corrected chi connectivity index (χ3v) is 4.27. The summed E-state index contributed by atoms with van der Waals surface area (Å²) in [5.41, 5.74) is 6.46. The minimum absolute atomic E-state index is 0.336. The lowest BCUT2D eigenvalue weighted by molar-refractivity contribution is 0.00675. The second kappa shape index (κ2) is 4.84. The van der Waals surface area contributed by atoms with Crippen molar-refractivity contribution < 1.29 is 0 Å². The summed E-state index contributed by atoms with van der Waals surface area (Å²) >= 11 is 0. The summed E-state index contributed by atoms with van der Waals surface area (Å²) in [5, 5.41) is 0. The average Bonchev–Trinajstić information content (AvgIpc) is 2.13. The Morgan fingerprint density at radius 2 is 1.93 bits per heavy atom. The van der Waals surface area contributed by atoms with Crippen LogP contribution in [0.4, 0.5) is 0 Å². The van der Waals surface area contributed by atoms with E-state index >= 15 is 0 Å². The molecule has 1 rings (SSSR count). The third-order valence-electron chi connectivity index (χ3n) is 4.27. The lowest BCUT2D eigenvalue weighted by Crippen LogP contribution is -2.58. The summed E-state index contributed by atoms with van der Waals surface area (Å²) in [6.45, 7) is 12.8. The second-order valence-electron chi connectivity index (χ2n) is 5.81. The van der Waals surface area contributed by atoms with Gasteiger partial charge in [-0.1, -0.05) is 20.3 Å². The summed E-state index contributed by atoms with van der Waals surface area (Å²) in [7, 11) is 0. The van der Waals surface area contributed by atoms with Gasteiger partial charge in [-0.25, -0.2) is 0 Å². The van der Waals surface area contributed by atoms with Gasteiger partial charge < -0.3 is 5.73 Å². The van der Waals surface area contributed by atoms with E-state index in [-0.39, 0.29) is 0 Å². The molecule has 0 aromatic carbocycles. The highest BCUT2D eigenvalue weighted by Gasteiger charge is 2.37. The van der Waals surface area contributed by atoms with Crippen LogP contribution in [0.5, 0.6) is 0 Å². The monoisotopic (exact) mass is 212 g/mol. The Kier molecular flexibility index (Phi) is 4.19. The molecule has 1 saturated heterocycles. The molecule has 0 spiro atoms. The zero-order valence-electron chi connectivity index (χ0n) is 11.1. The van der Waals surface area contributed by atoms with Crippen LogP contribution in [-0.2, 0) is 0 Å². The van der Waals surface area contributed by atoms with Crippen LogP contribution in [0.2, 0.25) is 0 Å². The van der Waals surface area contributed by atoms with Gasteiger partial charge in [-0.05, 0) is 39.5 Å². The summed E-state index contributed by atoms with van der Waals surface area (Å²) in [6, 6.07) is 1.02. The molecule has 0 saturated carbocycles. The molecule has 1 aliphatic rings. The minimum Gasteiger partial charge on any atom is -0.327 e. The van der Waals surface area contributed by atoms with E-state index in [0.717, 1.165) is 6.42 Å². The van der Waals surface area contributed by atoms with E-state index in [0.29, 0.717) is 23.5 Å². The van der Waals surface area contributed by atoms with Crippen molar-refractivity contribution in [1.82, 2.24) is 4.90 Å². The molecular formula is C13H28N2. The fraction of sp³-hybridized carbons (Fsp3) is 1.00. The Bertz CT molecular complexity index is 201. The highest BCUT2D eigenvalue weighted by molar-refractivity contribution is 4.93. The predicted molar refractivity (Wildman–Crippen MR) is 66.9 cm³/mol. The topological polar surface area (TPSA) is 29.3 Å². The minimum atomic E-state index is 0.336. The highest BCUT2D eigenvalue weighted by Crippen LogP contribution is 2.31. The maximum atomic E-state index is 6.12. The summed E-state index contributed by atoms with van der Waals surface area (Å²) in [5.74, 6) is 0.620. The van der Waals surface area contributed by atoms with Crippen molar-refractivity contribution in [3.8, 4) is 0 Å². The van der Waals surface area contributed by atoms with Crippen LogP contribution in [0.25, 0.3) is 0 Å². The summed E-state index contributed by atoms with van der Waals surface area (Å²) in [4.78, 5) is 2.66. The van der Waals surface area contributed by atoms with Crippen LogP contribution in [0, 0.1) is 5.92 Å². The van der Waals surface area contributed by atoms with Crippen LogP contribution in [0.3, 0.4) is 0 Å². The molecule has 3 atom stereocenters. The fourth-order valence-electron chi connectivity index (χ4n) is 3.01. The number of likely N-dealkylation sites (tertiary alicyclic amines) is 1. The molecule has 90 valence electrons. The lowest BCUT2D eigenvalue weighted by atomic mass is 9.83. The van der Waals surface area contributed by atoms with Gasteiger partial charge in [0.2, 0.25) is 0 Å². The SMILES string of the molecule is CCCC(C)(C)N1CCC(N)C(C)C1C. The first-order valence-corrected chi connectivity index (χ1v) is 6.42. The van der Waals surface area contributed by atoms with Gasteiger partial charge in [0.1, 0.15) is 0 Å². The number of nitrogens with zero attached hydrogens (tertiary/aromatic N) is 1. The molecule has 0 aromatic rings. The highest BCUT2D eigenvalue weighted by atomic mass is 15.2. The van der Waals surface area contributed by atoms with Crippen LogP contribution in [0.15, 0.2) is 0 Å². The van der Waals surface area contributed by atoms with E-state index in [1.807, 2.05) is 0 Å². The summed E-state index contributed by atoms with van der Waals surface area (Å²) < 4.78 is 0. The standard InChI is InChI=1S/C13H28N2/c1-6-8-13(4,5)15-9-7-12(14)10(2)11(15)3/h10-12H,6-9,14H2,1-5H3. The number of hydrogen-bond acceptors (Lipinski definition) is 2. The molecule has 0 bridgehead atoms. The second-order valence-corrected chi connectivity index (χ2v) is 5.81. The normalized spacial score (nSPS) is 34.4. The van der Waals surface area contributed by atoms with E-state index in [2.05, 4.69) is 39.5 Å². The molecular weight excluding hydrogens is 184 g/mol. The molecule has 2 N–H and O–H groups in total. The Hall–Kier alpha value is -0.0800. The van der Waals surface area contributed by atoms with Crippen molar-refractivity contribution in [3.05, 3.63) is 0 Å². The Labute approximate surface area is 95.2 Å². The van der Waals surface area contributed by atoms with Crippen molar-refractivity contribution in [1.29, 1.82) is 0 Å². The molecule has 1 fully saturated rings. The van der Waals surface area contributed by atoms with Gasteiger partial charge in [-0.15, -0.1) is 0 Å². The van der Waals surface area contributed by atoms with Crippen LogP contribution in [-0.4, -0.2) is 29.1 Å². The molecule has 1 heterocycles. The van der Waals surface area contributed by atoms with E-state index in [1.165, 1.54) is 19.4 Å². The van der Waals surface area contributed by atoms with E-state index < -0.39 is 0 Å². The van der Waals surface area contributed by atoms with Gasteiger partial charge in [0.25, 0.3) is 0 Å². The largest absolute Gasteiger partial charge is 0.327 e. The molecule has 2 heteroatoms. The Morgan fingerprint density at radius 3 is 2.47 bits per heavy atom. The van der Waals surface area contributed by atoms with Crippen LogP contribution < -0.4 is 5.73 Å². The van der Waals surface area contributed by atoms with E-state index in [4.69, 9.17) is 5.73 Å². The van der Waals surface area contributed by atoms with E-state index in [9.17, 15) is 0 Å². The number of rotatable bonds is 3. The van der Waals surface area contributed by atoms with Crippen molar-refractivity contribution in [2.75, 3.05) is 6.54 Å². The first-order chi connectivity index (χ1) is 6.90. The van der Waals surface area contributed by atoms with Crippen molar-refractivity contribution in [2.24, 2.45) is 11.7 Å². The van der Waals surface area contributed by atoms with Gasteiger partial charge in [-0.3, -0.25) is 4.90 Å². The maximum absolute atomic E-state index is 6.12. The molecule has 0 aromatic heterocycles. The van der Waals surface area contributed by atoms with Gasteiger partial charge in [0, 0.05) is 24.2 Å².